The molecule has 0 amide bonds. The van der Waals surface area contributed by atoms with Gasteiger partial charge in [-0.05, 0) is 65.9 Å². The molecule has 1 fully saturated rings. The summed E-state index contributed by atoms with van der Waals surface area (Å²) >= 11 is 1.52. The summed E-state index contributed by atoms with van der Waals surface area (Å²) in [6.45, 7) is 9.64. The third-order valence-corrected chi connectivity index (χ3v) is 6.20. The van der Waals surface area contributed by atoms with Crippen molar-refractivity contribution in [1.29, 1.82) is 0 Å². The molecule has 8 nitrogen and oxygen atoms in total. The van der Waals surface area contributed by atoms with E-state index in [0.29, 0.717) is 43.0 Å². The highest BCUT2D eigenvalue weighted by molar-refractivity contribution is 7.19. The van der Waals surface area contributed by atoms with Crippen molar-refractivity contribution < 1.29 is 14.2 Å². The van der Waals surface area contributed by atoms with Crippen molar-refractivity contribution in [3.8, 4) is 27.8 Å². The van der Waals surface area contributed by atoms with Gasteiger partial charge in [-0.15, -0.1) is 10.2 Å². The van der Waals surface area contributed by atoms with Gasteiger partial charge in [0.05, 0.1) is 19.8 Å². The Balaban J connectivity index is 1.72. The highest BCUT2D eigenvalue weighted by Gasteiger charge is 2.25. The number of likely N-dealkylation sites (tertiary alicyclic amines) is 1. The molecule has 1 aliphatic rings. The first-order valence-electron chi connectivity index (χ1n) is 10.6. The van der Waals surface area contributed by atoms with Crippen LogP contribution < -0.4 is 14.2 Å². The maximum absolute atomic E-state index is 5.86. The second-order valence-corrected chi connectivity index (χ2v) is 8.29. The molecule has 0 unspecified atom stereocenters. The molecule has 0 spiro atoms. The molecular formula is C21H29N5O3S. The number of ether oxygens (including phenoxy) is 3. The van der Waals surface area contributed by atoms with Gasteiger partial charge in [-0.3, -0.25) is 0 Å². The average Bonchev–Trinajstić information content (AvgIpc) is 3.32. The van der Waals surface area contributed by atoms with Crippen LogP contribution in [0, 0.1) is 0 Å². The number of nitrogens with zero attached hydrogens (tertiary/aromatic N) is 5. The van der Waals surface area contributed by atoms with Gasteiger partial charge in [0.1, 0.15) is 5.01 Å². The summed E-state index contributed by atoms with van der Waals surface area (Å²) in [5, 5.41) is 14.6. The molecule has 0 radical (unpaired) electrons. The molecular weight excluding hydrogens is 402 g/mol. The van der Waals surface area contributed by atoms with E-state index in [2.05, 4.69) is 22.1 Å². The monoisotopic (exact) mass is 431 g/mol. The summed E-state index contributed by atoms with van der Waals surface area (Å²) in [6, 6.07) is 3.94. The van der Waals surface area contributed by atoms with Crippen molar-refractivity contribution in [2.75, 3.05) is 40.0 Å². The van der Waals surface area contributed by atoms with Crippen LogP contribution in [0.2, 0.25) is 0 Å². The Labute approximate surface area is 180 Å². The maximum Gasteiger partial charge on any atom is 0.234 e. The molecule has 9 heteroatoms. The minimum absolute atomic E-state index is 0.393. The number of hydrogen-bond acceptors (Lipinski definition) is 8. The van der Waals surface area contributed by atoms with E-state index in [1.807, 2.05) is 37.4 Å². The standard InChI is InChI=1S/C21H29N5O3S/c1-5-27-16-12-15(13-17(28-6-2)18(16)29-7-3)20-24-26-19(22-23-21(26)30-20)14-8-10-25(4)11-9-14/h12-14H,5-11H2,1-4H3. The smallest absolute Gasteiger partial charge is 0.234 e. The average molecular weight is 432 g/mol. The Morgan fingerprint density at radius 3 is 2.20 bits per heavy atom. The summed E-state index contributed by atoms with van der Waals surface area (Å²) < 4.78 is 19.4. The van der Waals surface area contributed by atoms with Crippen LogP contribution in [0.4, 0.5) is 0 Å². The zero-order chi connectivity index (χ0) is 21.1. The lowest BCUT2D eigenvalue weighted by Gasteiger charge is -2.27. The van der Waals surface area contributed by atoms with Gasteiger partial charge in [-0.1, -0.05) is 11.3 Å². The van der Waals surface area contributed by atoms with E-state index in [1.54, 1.807) is 0 Å². The lowest BCUT2D eigenvalue weighted by atomic mass is 9.96. The molecule has 1 aliphatic heterocycles. The first-order valence-corrected chi connectivity index (χ1v) is 11.4. The van der Waals surface area contributed by atoms with E-state index in [4.69, 9.17) is 19.3 Å². The summed E-state index contributed by atoms with van der Waals surface area (Å²) in [4.78, 5) is 3.16. The van der Waals surface area contributed by atoms with Crippen molar-refractivity contribution in [3.63, 3.8) is 0 Å². The number of piperidine rings is 1. The fourth-order valence-corrected chi connectivity index (χ4v) is 4.62. The second kappa shape index (κ2) is 9.18. The van der Waals surface area contributed by atoms with Crippen LogP contribution >= 0.6 is 11.3 Å². The highest BCUT2D eigenvalue weighted by atomic mass is 32.1. The Hall–Kier alpha value is -2.39. The predicted octanol–water partition coefficient (Wildman–Crippen LogP) is 3.86. The summed E-state index contributed by atoms with van der Waals surface area (Å²) in [5.74, 6) is 3.33. The summed E-state index contributed by atoms with van der Waals surface area (Å²) in [5.41, 5.74) is 0.926. The molecule has 3 aromatic rings. The Morgan fingerprint density at radius 1 is 0.967 bits per heavy atom. The topological polar surface area (TPSA) is 74.0 Å². The van der Waals surface area contributed by atoms with Gasteiger partial charge in [-0.25, -0.2) is 0 Å². The quantitative estimate of drug-likeness (QED) is 0.536. The molecule has 162 valence electrons. The molecule has 0 bridgehead atoms. The number of benzene rings is 1. The van der Waals surface area contributed by atoms with Crippen molar-refractivity contribution in [2.24, 2.45) is 0 Å². The van der Waals surface area contributed by atoms with E-state index in [-0.39, 0.29) is 0 Å². The first kappa shape index (κ1) is 20.9. The first-order chi connectivity index (χ1) is 14.6. The molecule has 30 heavy (non-hydrogen) atoms. The molecule has 0 N–H and O–H groups in total. The minimum Gasteiger partial charge on any atom is -0.490 e. The minimum atomic E-state index is 0.393. The molecule has 3 heterocycles. The zero-order valence-corrected chi connectivity index (χ0v) is 18.9. The SMILES string of the molecule is CCOc1cc(-c2nn3c(C4CCN(C)CC4)nnc3s2)cc(OCC)c1OCC. The van der Waals surface area contributed by atoms with E-state index in [1.165, 1.54) is 11.3 Å². The van der Waals surface area contributed by atoms with E-state index >= 15 is 0 Å². The highest BCUT2D eigenvalue weighted by Crippen LogP contribution is 2.43. The third kappa shape index (κ3) is 4.09. The van der Waals surface area contributed by atoms with Crippen LogP contribution in [0.3, 0.4) is 0 Å². The maximum atomic E-state index is 5.86. The molecule has 1 aromatic carbocycles. The van der Waals surface area contributed by atoms with Crippen LogP contribution in [-0.4, -0.2) is 64.7 Å². The Morgan fingerprint density at radius 2 is 1.60 bits per heavy atom. The van der Waals surface area contributed by atoms with E-state index in [9.17, 15) is 0 Å². The van der Waals surface area contributed by atoms with Crippen LogP contribution in [-0.2, 0) is 0 Å². The number of fused-ring (bicyclic) bond motifs is 1. The summed E-state index contributed by atoms with van der Waals surface area (Å²) in [7, 11) is 2.16. The second-order valence-electron chi connectivity index (χ2n) is 7.34. The molecule has 4 rings (SSSR count). The number of hydrogen-bond donors (Lipinski definition) is 0. The van der Waals surface area contributed by atoms with Gasteiger partial charge in [0.25, 0.3) is 0 Å². The van der Waals surface area contributed by atoms with Gasteiger partial charge >= 0.3 is 0 Å². The lowest BCUT2D eigenvalue weighted by molar-refractivity contribution is 0.250. The summed E-state index contributed by atoms with van der Waals surface area (Å²) in [6.07, 6.45) is 2.16. The van der Waals surface area contributed by atoms with Crippen molar-refractivity contribution in [2.45, 2.75) is 39.5 Å². The van der Waals surface area contributed by atoms with Crippen LogP contribution in [0.15, 0.2) is 12.1 Å². The largest absolute Gasteiger partial charge is 0.490 e. The zero-order valence-electron chi connectivity index (χ0n) is 18.1. The van der Waals surface area contributed by atoms with Crippen LogP contribution in [0.1, 0.15) is 45.4 Å². The van der Waals surface area contributed by atoms with Gasteiger partial charge in [0, 0.05) is 11.5 Å². The fourth-order valence-electron chi connectivity index (χ4n) is 3.78. The van der Waals surface area contributed by atoms with Crippen molar-refractivity contribution in [1.82, 2.24) is 24.7 Å². The molecule has 0 saturated carbocycles. The van der Waals surface area contributed by atoms with E-state index in [0.717, 1.165) is 47.3 Å². The molecule has 0 atom stereocenters. The number of aromatic nitrogens is 4. The fraction of sp³-hybridized carbons (Fsp3) is 0.571. The Kier molecular flexibility index (Phi) is 6.38. The molecule has 2 aromatic heterocycles. The third-order valence-electron chi connectivity index (χ3n) is 5.25. The van der Waals surface area contributed by atoms with Gasteiger partial charge in [-0.2, -0.15) is 9.61 Å². The van der Waals surface area contributed by atoms with Gasteiger partial charge in [0.2, 0.25) is 10.7 Å². The van der Waals surface area contributed by atoms with Crippen LogP contribution in [0.25, 0.3) is 15.5 Å². The normalized spacial score (nSPS) is 15.6. The Bertz CT molecular complexity index is 967. The van der Waals surface area contributed by atoms with Gasteiger partial charge < -0.3 is 19.1 Å². The predicted molar refractivity (Wildman–Crippen MR) is 117 cm³/mol. The molecule has 1 saturated heterocycles. The van der Waals surface area contributed by atoms with Gasteiger partial charge in [0.15, 0.2) is 17.3 Å². The number of rotatable bonds is 8. The van der Waals surface area contributed by atoms with Crippen LogP contribution in [0.5, 0.6) is 17.2 Å². The molecule has 0 aliphatic carbocycles. The van der Waals surface area contributed by atoms with E-state index < -0.39 is 0 Å². The van der Waals surface area contributed by atoms with Crippen molar-refractivity contribution in [3.05, 3.63) is 18.0 Å². The lowest BCUT2D eigenvalue weighted by Crippen LogP contribution is -2.30. The van der Waals surface area contributed by atoms with Crippen molar-refractivity contribution >= 4 is 16.3 Å².